The first-order valence-electron chi connectivity index (χ1n) is 0. The van der Waals surface area contributed by atoms with Gasteiger partial charge in [-0.15, -0.1) is 0 Å². The van der Waals surface area contributed by atoms with Crippen molar-refractivity contribution in [3.63, 3.8) is 0 Å². The van der Waals surface area contributed by atoms with Gasteiger partial charge in [0.2, 0.25) is 0 Å². The quantitative estimate of drug-likeness (QED) is 0.428. The van der Waals surface area contributed by atoms with E-state index >= 15 is 0 Å². The van der Waals surface area contributed by atoms with Crippen molar-refractivity contribution in [2.24, 2.45) is 0 Å². The van der Waals surface area contributed by atoms with Crippen LogP contribution in [0.2, 0.25) is 0 Å². The van der Waals surface area contributed by atoms with Crippen molar-refractivity contribution >= 4 is 42.8 Å². The summed E-state index contributed by atoms with van der Waals surface area (Å²) in [6, 6.07) is 0. The fourth-order valence-electron chi connectivity index (χ4n) is 0. The molecule has 0 saturated carbocycles. The molecule has 0 heterocycles. The Hall–Kier alpha value is 1.99. The van der Waals surface area contributed by atoms with Gasteiger partial charge in [-0.2, -0.15) is 0 Å². The first-order chi connectivity index (χ1) is 0. The van der Waals surface area contributed by atoms with Crippen LogP contribution < -0.4 is 0 Å². The van der Waals surface area contributed by atoms with Gasteiger partial charge in [-0.05, 0) is 0 Å². The van der Waals surface area contributed by atoms with Gasteiger partial charge >= 0.3 is 62.3 Å². The van der Waals surface area contributed by atoms with Crippen LogP contribution in [0.4, 0.5) is 0 Å². The van der Waals surface area contributed by atoms with Gasteiger partial charge in [0.25, 0.3) is 0 Å². The van der Waals surface area contributed by atoms with Crippen molar-refractivity contribution in [3.05, 3.63) is 0 Å². The minimum absolute atomic E-state index is 0. The second-order valence-electron chi connectivity index (χ2n) is 0. The molecule has 0 aliphatic heterocycles. The minimum Gasteiger partial charge on any atom is -2.00 e. The molecule has 0 aromatic carbocycles. The second-order valence-corrected chi connectivity index (χ2v) is 0. The molecular weight excluding hydrogens is 175 g/mol. The molecule has 0 amide bonds. The van der Waals surface area contributed by atoms with Crippen LogP contribution in [0.15, 0.2) is 0 Å². The van der Waals surface area contributed by atoms with Crippen LogP contribution >= 0.6 is 0 Å². The van der Waals surface area contributed by atoms with Crippen molar-refractivity contribution in [3.8, 4) is 0 Å². The van der Waals surface area contributed by atoms with Crippen molar-refractivity contribution in [1.82, 2.24) is 0 Å². The molecule has 0 aromatic heterocycles. The normalized spacial score (nSPS) is 0. The number of rotatable bonds is 0. The standard InChI is InChI=1S/Ga.Mg.O.Zn/q+3;+2;-2;+2. The largest absolute Gasteiger partial charge is 3.00 e. The molecule has 1 nitrogen and oxygen atoms in total. The third-order valence-electron chi connectivity index (χ3n) is 0. The maximum atomic E-state index is 0. The first-order valence-corrected chi connectivity index (χ1v) is 0. The molecule has 4 heavy (non-hydrogen) atoms. The van der Waals surface area contributed by atoms with Crippen LogP contribution in [0.5, 0.6) is 0 Å². The maximum Gasteiger partial charge on any atom is 3.00 e. The van der Waals surface area contributed by atoms with Crippen LogP contribution in [0.3, 0.4) is 0 Å². The Morgan fingerprint density at radius 3 is 1.00 bits per heavy atom. The summed E-state index contributed by atoms with van der Waals surface area (Å²) in [6.07, 6.45) is 0. The third-order valence-corrected chi connectivity index (χ3v) is 0. The molecule has 0 unspecified atom stereocenters. The SMILES string of the molecule is [Ga+3].[Mg+2].[O-2].[Zn+2]. The van der Waals surface area contributed by atoms with Crippen LogP contribution in [0, 0.1) is 0 Å². The van der Waals surface area contributed by atoms with Gasteiger partial charge in [-0.1, -0.05) is 0 Å². The van der Waals surface area contributed by atoms with E-state index in [1.165, 1.54) is 0 Å². The van der Waals surface area contributed by atoms with Crippen LogP contribution in [-0.4, -0.2) is 42.8 Å². The van der Waals surface area contributed by atoms with Crippen LogP contribution in [0.25, 0.3) is 0 Å². The van der Waals surface area contributed by atoms with E-state index in [0.717, 1.165) is 0 Å². The van der Waals surface area contributed by atoms with Gasteiger partial charge in [0.15, 0.2) is 0 Å². The van der Waals surface area contributed by atoms with Gasteiger partial charge in [-0.3, -0.25) is 0 Å². The molecule has 0 aliphatic rings. The van der Waals surface area contributed by atoms with Gasteiger partial charge < -0.3 is 5.48 Å². The topological polar surface area (TPSA) is 28.5 Å². The molecule has 0 N–H and O–H groups in total. The fraction of sp³-hybridized carbons (Fsp3) is 0. The predicted molar refractivity (Wildman–Crippen MR) is 12.2 cm³/mol. The van der Waals surface area contributed by atoms with E-state index in [-0.39, 0.29) is 67.8 Å². The zero-order chi connectivity index (χ0) is 0. The molecule has 4 heteroatoms. The summed E-state index contributed by atoms with van der Waals surface area (Å²) in [7, 11) is 0. The molecule has 0 aromatic rings. The molecule has 0 saturated heterocycles. The average Bonchev–Trinajstić information content (AvgIpc) is 0. The molecule has 0 rings (SSSR count). The zero-order valence-corrected chi connectivity index (χ0v) is 9.20. The Morgan fingerprint density at radius 1 is 1.00 bits per heavy atom. The predicted octanol–water partition coefficient (Wildman–Crippen LogP) is -0.883. The molecular formula is GaMgOZn+5. The molecule has 0 radical (unpaired) electrons. The van der Waals surface area contributed by atoms with E-state index in [1.807, 2.05) is 0 Å². The second kappa shape index (κ2) is 20.1. The molecule has 0 bridgehead atoms. The maximum absolute atomic E-state index is 0. The summed E-state index contributed by atoms with van der Waals surface area (Å²) in [4.78, 5) is 0. The van der Waals surface area contributed by atoms with E-state index in [2.05, 4.69) is 0 Å². The molecule has 0 fully saturated rings. The van der Waals surface area contributed by atoms with E-state index in [4.69, 9.17) is 0 Å². The summed E-state index contributed by atoms with van der Waals surface area (Å²) in [6.45, 7) is 0. The van der Waals surface area contributed by atoms with E-state index < -0.39 is 0 Å². The Morgan fingerprint density at radius 2 is 1.00 bits per heavy atom. The Labute approximate surface area is 67.2 Å². The van der Waals surface area contributed by atoms with Crippen LogP contribution in [0.1, 0.15) is 0 Å². The monoisotopic (exact) mass is 173 g/mol. The average molecular weight is 175 g/mol. The summed E-state index contributed by atoms with van der Waals surface area (Å²) in [5.41, 5.74) is 0. The van der Waals surface area contributed by atoms with Gasteiger partial charge in [0, 0.05) is 0 Å². The summed E-state index contributed by atoms with van der Waals surface area (Å²) >= 11 is 0. The van der Waals surface area contributed by atoms with E-state index in [0.29, 0.717) is 0 Å². The number of hydrogen-bond donors (Lipinski definition) is 0. The van der Waals surface area contributed by atoms with Crippen LogP contribution in [-0.2, 0) is 25.0 Å². The Kier molecular flexibility index (Phi) is 189. The zero-order valence-electron chi connectivity index (χ0n) is 2.40. The first kappa shape index (κ1) is 37.7. The van der Waals surface area contributed by atoms with Crippen molar-refractivity contribution < 1.29 is 25.0 Å². The summed E-state index contributed by atoms with van der Waals surface area (Å²) in [5.74, 6) is 0. The van der Waals surface area contributed by atoms with E-state index in [9.17, 15) is 0 Å². The molecule has 0 spiro atoms. The molecule has 0 aliphatic carbocycles. The van der Waals surface area contributed by atoms with Crippen molar-refractivity contribution in [2.75, 3.05) is 0 Å². The van der Waals surface area contributed by atoms with E-state index in [1.54, 1.807) is 0 Å². The van der Waals surface area contributed by atoms with Crippen molar-refractivity contribution in [2.45, 2.75) is 0 Å². The molecule has 8 valence electrons. The fourth-order valence-corrected chi connectivity index (χ4v) is 0. The van der Waals surface area contributed by atoms with Gasteiger partial charge in [0.05, 0.1) is 0 Å². The van der Waals surface area contributed by atoms with Gasteiger partial charge in [0.1, 0.15) is 0 Å². The van der Waals surface area contributed by atoms with Crippen molar-refractivity contribution in [1.29, 1.82) is 0 Å². The smallest absolute Gasteiger partial charge is 2.00 e. The summed E-state index contributed by atoms with van der Waals surface area (Å²) in [5, 5.41) is 0. The summed E-state index contributed by atoms with van der Waals surface area (Å²) < 4.78 is 0. The number of hydrogen-bond acceptors (Lipinski definition) is 0. The minimum atomic E-state index is 0. The Bertz CT molecular complexity index is 8.00. The molecule has 0 atom stereocenters. The Balaban J connectivity index is 0. The van der Waals surface area contributed by atoms with Gasteiger partial charge in [-0.25, -0.2) is 0 Å². The third kappa shape index (κ3) is 9.01.